The number of amides is 2. The van der Waals surface area contributed by atoms with Crippen LogP contribution in [0.3, 0.4) is 0 Å². The Bertz CT molecular complexity index is 547. The molecule has 7 nitrogen and oxygen atoms in total. The maximum Gasteiger partial charge on any atom is 0.329 e. The van der Waals surface area contributed by atoms with E-state index in [0.717, 1.165) is 19.1 Å². The van der Waals surface area contributed by atoms with Gasteiger partial charge >= 0.3 is 5.97 Å². The average Bonchev–Trinajstić information content (AvgIpc) is 2.33. The molecular weight excluding hydrogens is 271 g/mol. The van der Waals surface area contributed by atoms with E-state index in [4.69, 9.17) is 15.6 Å². The Morgan fingerprint density at radius 1 is 1.45 bits per heavy atom. The Morgan fingerprint density at radius 3 is 2.55 bits per heavy atom. The number of carboxylic acid groups (broad SMARTS) is 1. The van der Waals surface area contributed by atoms with Crippen LogP contribution in [-0.2, 0) is 9.59 Å². The zero-order valence-corrected chi connectivity index (χ0v) is 10.6. The smallest absolute Gasteiger partial charge is 0.329 e. The fraction of sp³-hybridized carbons (Fsp3) is 0.250. The third-order valence-electron chi connectivity index (χ3n) is 2.30. The number of aliphatic carboxylic acids is 1. The first kappa shape index (κ1) is 15.4. The molecule has 0 bridgehead atoms. The standard InChI is InChI=1S/C12H13FN2O5/c1-6(16)15-10(12(18)19)5-20-7-2-3-8(11(14)17)9(13)4-7/h2-4,10H,5H2,1H3,(H2,14,17)(H,15,16)(H,18,19). The largest absolute Gasteiger partial charge is 0.491 e. The average molecular weight is 284 g/mol. The molecule has 0 spiro atoms. The Morgan fingerprint density at radius 2 is 2.10 bits per heavy atom. The quantitative estimate of drug-likeness (QED) is 0.673. The lowest BCUT2D eigenvalue weighted by atomic mass is 10.2. The number of nitrogens with two attached hydrogens (primary N) is 1. The van der Waals surface area contributed by atoms with Crippen LogP contribution in [0.15, 0.2) is 18.2 Å². The van der Waals surface area contributed by atoms with E-state index in [-0.39, 0.29) is 17.9 Å². The van der Waals surface area contributed by atoms with E-state index >= 15 is 0 Å². The van der Waals surface area contributed by atoms with Gasteiger partial charge in [0, 0.05) is 13.0 Å². The third kappa shape index (κ3) is 4.23. The SMILES string of the molecule is CC(=O)NC(COc1ccc(C(N)=O)c(F)c1)C(=O)O. The summed E-state index contributed by atoms with van der Waals surface area (Å²) in [4.78, 5) is 32.5. The predicted octanol–water partition coefficient (Wildman–Crippen LogP) is -0.107. The molecule has 0 aliphatic rings. The molecule has 1 atom stereocenters. The molecule has 0 radical (unpaired) electrons. The molecule has 8 heteroatoms. The van der Waals surface area contributed by atoms with Crippen molar-refractivity contribution >= 4 is 17.8 Å². The second-order valence-corrected chi connectivity index (χ2v) is 3.91. The minimum Gasteiger partial charge on any atom is -0.491 e. The summed E-state index contributed by atoms with van der Waals surface area (Å²) in [6.45, 7) is 0.779. The lowest BCUT2D eigenvalue weighted by Crippen LogP contribution is -2.43. The Hall–Kier alpha value is -2.64. The number of rotatable bonds is 6. The molecule has 0 fully saturated rings. The molecule has 1 aromatic rings. The number of hydrogen-bond donors (Lipinski definition) is 3. The number of ether oxygens (including phenoxy) is 1. The first-order valence-corrected chi connectivity index (χ1v) is 5.53. The molecule has 4 N–H and O–H groups in total. The zero-order valence-electron chi connectivity index (χ0n) is 10.6. The monoisotopic (exact) mass is 284 g/mol. The fourth-order valence-electron chi connectivity index (χ4n) is 1.39. The highest BCUT2D eigenvalue weighted by atomic mass is 19.1. The lowest BCUT2D eigenvalue weighted by Gasteiger charge is -2.14. The van der Waals surface area contributed by atoms with Crippen LogP contribution < -0.4 is 15.8 Å². The van der Waals surface area contributed by atoms with Crippen molar-refractivity contribution in [2.24, 2.45) is 5.73 Å². The molecular formula is C12H13FN2O5. The van der Waals surface area contributed by atoms with E-state index in [0.29, 0.717) is 0 Å². The summed E-state index contributed by atoms with van der Waals surface area (Å²) in [5.41, 5.74) is 4.64. The van der Waals surface area contributed by atoms with Gasteiger partial charge in [0.2, 0.25) is 5.91 Å². The number of carbonyl (C=O) groups is 3. The van der Waals surface area contributed by atoms with E-state index < -0.39 is 29.6 Å². The van der Waals surface area contributed by atoms with Crippen molar-refractivity contribution in [1.82, 2.24) is 5.32 Å². The normalized spacial score (nSPS) is 11.5. The summed E-state index contributed by atoms with van der Waals surface area (Å²) < 4.78 is 18.5. The van der Waals surface area contributed by atoms with Gasteiger partial charge in [-0.1, -0.05) is 0 Å². The van der Waals surface area contributed by atoms with Gasteiger partial charge in [0.05, 0.1) is 5.56 Å². The molecule has 0 heterocycles. The predicted molar refractivity (Wildman–Crippen MR) is 65.7 cm³/mol. The number of benzene rings is 1. The van der Waals surface area contributed by atoms with E-state index in [2.05, 4.69) is 5.32 Å². The van der Waals surface area contributed by atoms with Crippen molar-refractivity contribution in [1.29, 1.82) is 0 Å². The number of halogens is 1. The maximum absolute atomic E-state index is 13.4. The molecule has 0 aromatic heterocycles. The first-order chi connectivity index (χ1) is 9.31. The van der Waals surface area contributed by atoms with E-state index in [1.54, 1.807) is 0 Å². The van der Waals surface area contributed by atoms with Crippen LogP contribution in [-0.4, -0.2) is 35.5 Å². The van der Waals surface area contributed by atoms with Crippen molar-refractivity contribution in [3.63, 3.8) is 0 Å². The van der Waals surface area contributed by atoms with Gasteiger partial charge in [-0.15, -0.1) is 0 Å². The molecule has 0 aliphatic heterocycles. The highest BCUT2D eigenvalue weighted by molar-refractivity contribution is 5.93. The van der Waals surface area contributed by atoms with Crippen LogP contribution in [0.25, 0.3) is 0 Å². The van der Waals surface area contributed by atoms with Gasteiger partial charge in [0.15, 0.2) is 6.04 Å². The zero-order chi connectivity index (χ0) is 15.3. The molecule has 0 aliphatic carbocycles. The minimum atomic E-state index is -1.28. The molecule has 1 rings (SSSR count). The Labute approximate surface area is 113 Å². The molecule has 0 saturated heterocycles. The van der Waals surface area contributed by atoms with Gasteiger partial charge in [0.25, 0.3) is 5.91 Å². The van der Waals surface area contributed by atoms with Gasteiger partial charge in [-0.2, -0.15) is 0 Å². The van der Waals surface area contributed by atoms with E-state index in [9.17, 15) is 18.8 Å². The van der Waals surface area contributed by atoms with Gasteiger partial charge in [-0.3, -0.25) is 9.59 Å². The molecule has 1 unspecified atom stereocenters. The van der Waals surface area contributed by atoms with Gasteiger partial charge < -0.3 is 20.9 Å². The van der Waals surface area contributed by atoms with Crippen LogP contribution in [0, 0.1) is 5.82 Å². The summed E-state index contributed by atoms with van der Waals surface area (Å²) in [6, 6.07) is 2.05. The summed E-state index contributed by atoms with van der Waals surface area (Å²) >= 11 is 0. The second-order valence-electron chi connectivity index (χ2n) is 3.91. The van der Waals surface area contributed by atoms with Gasteiger partial charge in [0.1, 0.15) is 18.2 Å². The highest BCUT2D eigenvalue weighted by Crippen LogP contribution is 2.16. The second kappa shape index (κ2) is 6.50. The Balaban J connectivity index is 2.73. The van der Waals surface area contributed by atoms with Gasteiger partial charge in [-0.25, -0.2) is 9.18 Å². The topological polar surface area (TPSA) is 119 Å². The molecule has 2 amide bonds. The summed E-state index contributed by atoms with van der Waals surface area (Å²) in [5.74, 6) is -3.59. The number of hydrogen-bond acceptors (Lipinski definition) is 4. The summed E-state index contributed by atoms with van der Waals surface area (Å²) in [6.07, 6.45) is 0. The molecule has 0 saturated carbocycles. The summed E-state index contributed by atoms with van der Waals surface area (Å²) in [7, 11) is 0. The maximum atomic E-state index is 13.4. The Kier molecular flexibility index (Phi) is 5.01. The van der Waals surface area contributed by atoms with Crippen molar-refractivity contribution in [2.75, 3.05) is 6.61 Å². The number of primary amides is 1. The van der Waals surface area contributed by atoms with Crippen molar-refractivity contribution < 1.29 is 28.6 Å². The highest BCUT2D eigenvalue weighted by Gasteiger charge is 2.19. The lowest BCUT2D eigenvalue weighted by molar-refractivity contribution is -0.142. The third-order valence-corrected chi connectivity index (χ3v) is 2.30. The van der Waals surface area contributed by atoms with E-state index in [1.165, 1.54) is 6.07 Å². The van der Waals surface area contributed by atoms with Crippen molar-refractivity contribution in [3.05, 3.63) is 29.6 Å². The van der Waals surface area contributed by atoms with E-state index in [1.807, 2.05) is 0 Å². The van der Waals surface area contributed by atoms with Crippen LogP contribution in [0.4, 0.5) is 4.39 Å². The molecule has 20 heavy (non-hydrogen) atoms. The fourth-order valence-corrected chi connectivity index (χ4v) is 1.39. The number of nitrogens with one attached hydrogen (secondary N) is 1. The number of carbonyl (C=O) groups excluding carboxylic acids is 2. The molecule has 1 aromatic carbocycles. The van der Waals surface area contributed by atoms with Crippen molar-refractivity contribution in [2.45, 2.75) is 13.0 Å². The minimum absolute atomic E-state index is 0.0177. The first-order valence-electron chi connectivity index (χ1n) is 5.53. The molecule has 108 valence electrons. The summed E-state index contributed by atoms with van der Waals surface area (Å²) in [5, 5.41) is 11.0. The van der Waals surface area contributed by atoms with Crippen LogP contribution in [0.2, 0.25) is 0 Å². The van der Waals surface area contributed by atoms with Crippen molar-refractivity contribution in [3.8, 4) is 5.75 Å². The number of carboxylic acids is 1. The van der Waals surface area contributed by atoms with Crippen LogP contribution in [0.5, 0.6) is 5.75 Å². The van der Waals surface area contributed by atoms with Crippen LogP contribution in [0.1, 0.15) is 17.3 Å². The van der Waals surface area contributed by atoms with Gasteiger partial charge in [-0.05, 0) is 12.1 Å². The van der Waals surface area contributed by atoms with Crippen LogP contribution >= 0.6 is 0 Å².